The minimum Gasteiger partial charge on any atom is -0.495 e. The predicted molar refractivity (Wildman–Crippen MR) is 108 cm³/mol. The fourth-order valence-corrected chi connectivity index (χ4v) is 3.78. The largest absolute Gasteiger partial charge is 0.495 e. The van der Waals surface area contributed by atoms with Crippen LogP contribution in [0.3, 0.4) is 0 Å². The van der Waals surface area contributed by atoms with E-state index in [1.54, 1.807) is 19.2 Å². The second-order valence-electron chi connectivity index (χ2n) is 7.07. The van der Waals surface area contributed by atoms with E-state index < -0.39 is 6.04 Å². The SMILES string of the molecule is COc1cccc2c(CCC(=O)NC3CCNC3=O)c(-c3ccc(F)cc3)[nH]c12. The molecule has 1 aromatic heterocycles. The molecule has 1 saturated heterocycles. The molecule has 0 radical (unpaired) electrons. The number of amides is 2. The molecular weight excluding hydrogens is 373 g/mol. The molecule has 6 nitrogen and oxygen atoms in total. The minimum atomic E-state index is -0.456. The van der Waals surface area contributed by atoms with Crippen LogP contribution in [0.5, 0.6) is 5.75 Å². The van der Waals surface area contributed by atoms with Crippen LogP contribution in [-0.4, -0.2) is 36.5 Å². The van der Waals surface area contributed by atoms with Crippen molar-refractivity contribution in [2.24, 2.45) is 0 Å². The van der Waals surface area contributed by atoms with Gasteiger partial charge in [0.15, 0.2) is 0 Å². The van der Waals surface area contributed by atoms with E-state index in [1.165, 1.54) is 12.1 Å². The Labute approximate surface area is 167 Å². The van der Waals surface area contributed by atoms with Gasteiger partial charge >= 0.3 is 0 Å². The number of carbonyl (C=O) groups excluding carboxylic acids is 2. The summed E-state index contributed by atoms with van der Waals surface area (Å²) in [5.41, 5.74) is 3.45. The Morgan fingerprint density at radius 1 is 1.24 bits per heavy atom. The summed E-state index contributed by atoms with van der Waals surface area (Å²) in [7, 11) is 1.60. The van der Waals surface area contributed by atoms with Crippen molar-refractivity contribution in [3.63, 3.8) is 0 Å². The van der Waals surface area contributed by atoms with Gasteiger partial charge in [-0.05, 0) is 54.3 Å². The average Bonchev–Trinajstić information content (AvgIpc) is 3.30. The van der Waals surface area contributed by atoms with E-state index in [4.69, 9.17) is 4.74 Å². The van der Waals surface area contributed by atoms with E-state index in [0.717, 1.165) is 27.7 Å². The number of H-pyrrole nitrogens is 1. The van der Waals surface area contributed by atoms with Crippen LogP contribution in [-0.2, 0) is 16.0 Å². The maximum absolute atomic E-state index is 13.4. The lowest BCUT2D eigenvalue weighted by Crippen LogP contribution is -2.40. The van der Waals surface area contributed by atoms with Crippen LogP contribution in [0.2, 0.25) is 0 Å². The molecule has 1 aliphatic heterocycles. The third-order valence-electron chi connectivity index (χ3n) is 5.24. The summed E-state index contributed by atoms with van der Waals surface area (Å²) >= 11 is 0. The summed E-state index contributed by atoms with van der Waals surface area (Å²) < 4.78 is 18.9. The van der Waals surface area contributed by atoms with Gasteiger partial charge in [0.05, 0.1) is 12.6 Å². The highest BCUT2D eigenvalue weighted by Gasteiger charge is 2.25. The van der Waals surface area contributed by atoms with Gasteiger partial charge in [0.25, 0.3) is 0 Å². The first-order valence-corrected chi connectivity index (χ1v) is 9.57. The van der Waals surface area contributed by atoms with Crippen LogP contribution in [0.4, 0.5) is 4.39 Å². The molecule has 29 heavy (non-hydrogen) atoms. The van der Waals surface area contributed by atoms with E-state index in [2.05, 4.69) is 15.6 Å². The summed E-state index contributed by atoms with van der Waals surface area (Å²) in [4.78, 5) is 27.5. The van der Waals surface area contributed by atoms with Gasteiger partial charge < -0.3 is 20.4 Å². The molecule has 0 saturated carbocycles. The summed E-state index contributed by atoms with van der Waals surface area (Å²) in [6, 6.07) is 11.5. The number of benzene rings is 2. The molecule has 0 aliphatic carbocycles. The highest BCUT2D eigenvalue weighted by atomic mass is 19.1. The number of aromatic amines is 1. The number of fused-ring (bicyclic) bond motifs is 1. The molecule has 2 aromatic carbocycles. The first-order chi connectivity index (χ1) is 14.1. The summed E-state index contributed by atoms with van der Waals surface area (Å²) in [6.45, 7) is 0.584. The number of carbonyl (C=O) groups is 2. The Bertz CT molecular complexity index is 1060. The maximum atomic E-state index is 13.4. The summed E-state index contributed by atoms with van der Waals surface area (Å²) in [5, 5.41) is 6.46. The van der Waals surface area contributed by atoms with Crippen LogP contribution in [0.15, 0.2) is 42.5 Å². The van der Waals surface area contributed by atoms with Crippen molar-refractivity contribution in [1.29, 1.82) is 0 Å². The number of nitrogens with one attached hydrogen (secondary N) is 3. The van der Waals surface area contributed by atoms with Gasteiger partial charge in [-0.2, -0.15) is 0 Å². The minimum absolute atomic E-state index is 0.137. The van der Waals surface area contributed by atoms with Crippen molar-refractivity contribution in [2.45, 2.75) is 25.3 Å². The fourth-order valence-electron chi connectivity index (χ4n) is 3.78. The smallest absolute Gasteiger partial charge is 0.242 e. The van der Waals surface area contributed by atoms with Gasteiger partial charge in [-0.3, -0.25) is 9.59 Å². The molecule has 0 bridgehead atoms. The normalized spacial score (nSPS) is 16.1. The molecule has 2 amide bonds. The van der Waals surface area contributed by atoms with Crippen LogP contribution >= 0.6 is 0 Å². The molecule has 3 aromatic rings. The van der Waals surface area contributed by atoms with E-state index >= 15 is 0 Å². The molecule has 1 atom stereocenters. The summed E-state index contributed by atoms with van der Waals surface area (Å²) in [6.07, 6.45) is 1.32. The summed E-state index contributed by atoms with van der Waals surface area (Å²) in [5.74, 6) is 0.0823. The molecule has 0 spiro atoms. The third-order valence-corrected chi connectivity index (χ3v) is 5.24. The molecule has 3 N–H and O–H groups in total. The van der Waals surface area contributed by atoms with E-state index in [1.807, 2.05) is 18.2 Å². The molecule has 1 unspecified atom stereocenters. The molecule has 7 heteroatoms. The Balaban J connectivity index is 1.64. The first kappa shape index (κ1) is 19.0. The number of aromatic nitrogens is 1. The lowest BCUT2D eigenvalue weighted by atomic mass is 10.0. The molecule has 150 valence electrons. The highest BCUT2D eigenvalue weighted by molar-refractivity contribution is 5.95. The van der Waals surface area contributed by atoms with Crippen molar-refractivity contribution in [3.05, 3.63) is 53.8 Å². The number of hydrogen-bond donors (Lipinski definition) is 3. The Morgan fingerprint density at radius 3 is 2.72 bits per heavy atom. The number of aryl methyl sites for hydroxylation is 1. The maximum Gasteiger partial charge on any atom is 0.242 e. The van der Waals surface area contributed by atoms with Gasteiger partial charge in [0.1, 0.15) is 17.6 Å². The molecule has 2 heterocycles. The zero-order chi connectivity index (χ0) is 20.4. The number of rotatable bonds is 6. The van der Waals surface area contributed by atoms with E-state index in [9.17, 15) is 14.0 Å². The van der Waals surface area contributed by atoms with Gasteiger partial charge in [0, 0.05) is 24.0 Å². The number of ether oxygens (including phenoxy) is 1. The van der Waals surface area contributed by atoms with E-state index in [0.29, 0.717) is 25.1 Å². The van der Waals surface area contributed by atoms with Gasteiger partial charge in [-0.15, -0.1) is 0 Å². The van der Waals surface area contributed by atoms with Crippen LogP contribution in [0, 0.1) is 5.82 Å². The number of methoxy groups -OCH3 is 1. The Hall–Kier alpha value is -3.35. The van der Waals surface area contributed by atoms with Crippen LogP contribution in [0.25, 0.3) is 22.2 Å². The first-order valence-electron chi connectivity index (χ1n) is 9.57. The zero-order valence-corrected chi connectivity index (χ0v) is 16.0. The lowest BCUT2D eigenvalue weighted by Gasteiger charge is -2.10. The fraction of sp³-hybridized carbons (Fsp3) is 0.273. The number of hydrogen-bond acceptors (Lipinski definition) is 3. The topological polar surface area (TPSA) is 83.2 Å². The van der Waals surface area contributed by atoms with Crippen LogP contribution < -0.4 is 15.4 Å². The third kappa shape index (κ3) is 3.81. The molecule has 1 aliphatic rings. The van der Waals surface area contributed by atoms with Gasteiger partial charge in [-0.1, -0.05) is 12.1 Å². The zero-order valence-electron chi connectivity index (χ0n) is 16.0. The number of para-hydroxylation sites is 1. The predicted octanol–water partition coefficient (Wildman–Crippen LogP) is 2.92. The van der Waals surface area contributed by atoms with Crippen molar-refractivity contribution >= 4 is 22.7 Å². The molecule has 1 fully saturated rings. The second kappa shape index (κ2) is 7.95. The van der Waals surface area contributed by atoms with Crippen molar-refractivity contribution in [2.75, 3.05) is 13.7 Å². The second-order valence-corrected chi connectivity index (χ2v) is 7.07. The Morgan fingerprint density at radius 2 is 2.03 bits per heavy atom. The molecular formula is C22H22FN3O3. The van der Waals surface area contributed by atoms with Crippen LogP contribution in [0.1, 0.15) is 18.4 Å². The Kier molecular flexibility index (Phi) is 5.20. The molecule has 4 rings (SSSR count). The van der Waals surface area contributed by atoms with Crippen molar-refractivity contribution in [3.8, 4) is 17.0 Å². The average molecular weight is 395 g/mol. The highest BCUT2D eigenvalue weighted by Crippen LogP contribution is 2.35. The van der Waals surface area contributed by atoms with Crippen molar-refractivity contribution in [1.82, 2.24) is 15.6 Å². The quantitative estimate of drug-likeness (QED) is 0.600. The number of halogens is 1. The van der Waals surface area contributed by atoms with Gasteiger partial charge in [0.2, 0.25) is 11.8 Å². The van der Waals surface area contributed by atoms with E-state index in [-0.39, 0.29) is 24.1 Å². The standard InChI is InChI=1S/C22H22FN3O3/c1-29-18-4-2-3-15-16(9-10-19(27)25-17-11-12-24-22(17)28)20(26-21(15)18)13-5-7-14(23)8-6-13/h2-8,17,26H,9-12H2,1H3,(H,24,28)(H,25,27). The lowest BCUT2D eigenvalue weighted by molar-refractivity contribution is -0.127. The van der Waals surface area contributed by atoms with Gasteiger partial charge in [-0.25, -0.2) is 4.39 Å². The monoisotopic (exact) mass is 395 g/mol. The van der Waals surface area contributed by atoms with Crippen molar-refractivity contribution < 1.29 is 18.7 Å².